The molecule has 50 heavy (non-hydrogen) atoms. The van der Waals surface area contributed by atoms with Crippen molar-refractivity contribution in [2.75, 3.05) is 39.6 Å². The topological polar surface area (TPSA) is 204 Å². The molecule has 2 aromatic carbocycles. The van der Waals surface area contributed by atoms with Gasteiger partial charge in [0.15, 0.2) is 11.9 Å². The van der Waals surface area contributed by atoms with Gasteiger partial charge in [0.25, 0.3) is 0 Å². The molecule has 0 spiro atoms. The van der Waals surface area contributed by atoms with Crippen LogP contribution in [0.25, 0.3) is 0 Å². The Morgan fingerprint density at radius 2 is 1.52 bits per heavy atom. The van der Waals surface area contributed by atoms with Gasteiger partial charge < -0.3 is 33.5 Å². The van der Waals surface area contributed by atoms with E-state index in [1.54, 1.807) is 31.2 Å². The first kappa shape index (κ1) is 37.7. The molecule has 3 unspecified atom stereocenters. The molecule has 2 saturated heterocycles. The van der Waals surface area contributed by atoms with Gasteiger partial charge in [0.1, 0.15) is 43.9 Å². The SMILES string of the molecule is C=CC(=O)OCCOC(=O)CCC(=O)Oc1ccc(/C=N/N=C/c2ccc(C(=O)OC3COC4C3OC[C@H]4OOCC)cc2)cc1C(=O)CO. The fraction of sp³-hybridized carbons (Fsp3) is 0.382. The highest BCUT2D eigenvalue weighted by Gasteiger charge is 2.50. The smallest absolute Gasteiger partial charge is 0.338 e. The van der Waals surface area contributed by atoms with Crippen LogP contribution in [0.2, 0.25) is 0 Å². The lowest BCUT2D eigenvalue weighted by molar-refractivity contribution is -0.330. The third-order valence-corrected chi connectivity index (χ3v) is 7.12. The Balaban J connectivity index is 1.25. The van der Waals surface area contributed by atoms with Gasteiger partial charge in [0.05, 0.1) is 56.2 Å². The summed E-state index contributed by atoms with van der Waals surface area (Å²) >= 11 is 0. The third kappa shape index (κ3) is 10.9. The van der Waals surface area contributed by atoms with Gasteiger partial charge in [-0.15, -0.1) is 0 Å². The first-order chi connectivity index (χ1) is 24.2. The predicted molar refractivity (Wildman–Crippen MR) is 172 cm³/mol. The number of esters is 4. The van der Waals surface area contributed by atoms with Crippen LogP contribution >= 0.6 is 0 Å². The number of ether oxygens (including phenoxy) is 6. The van der Waals surface area contributed by atoms with Crippen LogP contribution in [-0.4, -0.2) is 111 Å². The van der Waals surface area contributed by atoms with Crippen molar-refractivity contribution >= 4 is 42.1 Å². The Morgan fingerprint density at radius 3 is 2.22 bits per heavy atom. The van der Waals surface area contributed by atoms with Gasteiger partial charge in [0.2, 0.25) is 0 Å². The molecule has 2 fully saturated rings. The Morgan fingerprint density at radius 1 is 0.880 bits per heavy atom. The number of hydrogen-bond acceptors (Lipinski definition) is 16. The van der Waals surface area contributed by atoms with E-state index in [4.69, 9.17) is 33.5 Å². The molecular weight excluding hydrogens is 660 g/mol. The van der Waals surface area contributed by atoms with Crippen LogP contribution in [0.15, 0.2) is 65.3 Å². The van der Waals surface area contributed by atoms with E-state index < -0.39 is 54.6 Å². The van der Waals surface area contributed by atoms with E-state index in [0.29, 0.717) is 23.3 Å². The zero-order valence-corrected chi connectivity index (χ0v) is 27.1. The quantitative estimate of drug-likeness (QED) is 0.0272. The summed E-state index contributed by atoms with van der Waals surface area (Å²) in [6.07, 6.45) is 1.27. The van der Waals surface area contributed by atoms with Crippen molar-refractivity contribution in [3.05, 3.63) is 77.4 Å². The molecule has 1 N–H and O–H groups in total. The van der Waals surface area contributed by atoms with Crippen LogP contribution in [0.5, 0.6) is 5.75 Å². The maximum Gasteiger partial charge on any atom is 0.338 e. The Kier molecular flexibility index (Phi) is 14.4. The standard InChI is InChI=1S/C34H36N2O14/c1-3-29(39)43-13-14-44-30(40)11-12-31(41)48-26-10-7-22(15-24(26)25(38)18-37)17-36-35-16-21-5-8-23(9-6-21)34(42)49-27-19-45-33-28(50-47-4-2)20-46-32(27)33/h3,5-10,15-17,27-28,32-33,37H,1,4,11-14,18-20H2,2H3/b35-16+,36-17+/t27?,28-,32?,33?/m1/s1. The fourth-order valence-corrected chi connectivity index (χ4v) is 4.71. The number of fused-ring (bicyclic) bond motifs is 1. The summed E-state index contributed by atoms with van der Waals surface area (Å²) in [5, 5.41) is 17.4. The lowest BCUT2D eigenvalue weighted by Gasteiger charge is -2.17. The minimum Gasteiger partial charge on any atom is -0.462 e. The second-order valence-corrected chi connectivity index (χ2v) is 10.6. The van der Waals surface area contributed by atoms with Gasteiger partial charge in [-0.1, -0.05) is 18.7 Å². The summed E-state index contributed by atoms with van der Waals surface area (Å²) < 4.78 is 31.8. The van der Waals surface area contributed by atoms with Crippen molar-refractivity contribution in [2.24, 2.45) is 10.2 Å². The summed E-state index contributed by atoms with van der Waals surface area (Å²) in [6, 6.07) is 10.7. The molecule has 2 aliphatic heterocycles. The number of nitrogens with zero attached hydrogens (tertiary/aromatic N) is 2. The number of carbonyl (C=O) groups is 5. The third-order valence-electron chi connectivity index (χ3n) is 7.12. The van der Waals surface area contributed by atoms with Gasteiger partial charge in [-0.3, -0.25) is 14.4 Å². The van der Waals surface area contributed by atoms with Crippen LogP contribution in [0.1, 0.15) is 51.6 Å². The number of rotatable bonds is 18. The molecule has 2 aliphatic rings. The zero-order chi connectivity index (χ0) is 35.9. The molecular formula is C34H36N2O14. The molecule has 0 saturated carbocycles. The van der Waals surface area contributed by atoms with Crippen molar-refractivity contribution in [1.29, 1.82) is 0 Å². The van der Waals surface area contributed by atoms with E-state index in [0.717, 1.165) is 6.08 Å². The summed E-state index contributed by atoms with van der Waals surface area (Å²) in [5.74, 6) is -3.57. The summed E-state index contributed by atoms with van der Waals surface area (Å²) in [6.45, 7) is 4.67. The predicted octanol–water partition coefficient (Wildman–Crippen LogP) is 1.93. The normalized spacial score (nSPS) is 19.6. The maximum absolute atomic E-state index is 12.7. The van der Waals surface area contributed by atoms with Crippen LogP contribution in [0, 0.1) is 0 Å². The highest BCUT2D eigenvalue weighted by molar-refractivity contribution is 6.01. The highest BCUT2D eigenvalue weighted by Crippen LogP contribution is 2.31. The lowest BCUT2D eigenvalue weighted by Crippen LogP contribution is -2.35. The molecule has 2 aromatic rings. The Labute approximate surface area is 286 Å². The van der Waals surface area contributed by atoms with Crippen LogP contribution in [0.4, 0.5) is 0 Å². The van der Waals surface area contributed by atoms with E-state index in [9.17, 15) is 29.1 Å². The number of aliphatic hydroxyl groups excluding tert-OH is 1. The molecule has 16 heteroatoms. The molecule has 0 radical (unpaired) electrons. The van der Waals surface area contributed by atoms with Gasteiger partial charge >= 0.3 is 23.9 Å². The van der Waals surface area contributed by atoms with Crippen LogP contribution in [0.3, 0.4) is 0 Å². The minimum absolute atomic E-state index is 0.0827. The number of benzene rings is 2. The minimum atomic E-state index is -0.844. The molecule has 16 nitrogen and oxygen atoms in total. The van der Waals surface area contributed by atoms with E-state index >= 15 is 0 Å². The molecule has 4 atom stereocenters. The van der Waals surface area contributed by atoms with E-state index in [-0.39, 0.29) is 56.7 Å². The largest absolute Gasteiger partial charge is 0.462 e. The summed E-state index contributed by atoms with van der Waals surface area (Å²) in [7, 11) is 0. The first-order valence-electron chi connectivity index (χ1n) is 15.5. The monoisotopic (exact) mass is 696 g/mol. The molecule has 0 aromatic heterocycles. The Hall–Kier alpha value is -5.13. The average Bonchev–Trinajstić information content (AvgIpc) is 3.73. The fourth-order valence-electron chi connectivity index (χ4n) is 4.71. The zero-order valence-electron chi connectivity index (χ0n) is 27.1. The van der Waals surface area contributed by atoms with Gasteiger partial charge in [0, 0.05) is 6.08 Å². The number of hydrogen-bond donors (Lipinski definition) is 1. The summed E-state index contributed by atoms with van der Waals surface area (Å²) in [5.41, 5.74) is 1.29. The number of carbonyl (C=O) groups excluding carboxylic acids is 5. The van der Waals surface area contributed by atoms with E-state index in [1.165, 1.54) is 30.6 Å². The van der Waals surface area contributed by atoms with Crippen molar-refractivity contribution < 1.29 is 67.3 Å². The Bertz CT molecular complexity index is 1590. The van der Waals surface area contributed by atoms with Crippen molar-refractivity contribution in [3.8, 4) is 5.75 Å². The molecule has 2 heterocycles. The van der Waals surface area contributed by atoms with E-state index in [2.05, 4.69) is 21.5 Å². The second kappa shape index (κ2) is 19.2. The van der Waals surface area contributed by atoms with Crippen LogP contribution < -0.4 is 4.74 Å². The summed E-state index contributed by atoms with van der Waals surface area (Å²) in [4.78, 5) is 70.5. The second-order valence-electron chi connectivity index (χ2n) is 10.6. The number of Topliss-reactive ketones (excluding diaryl/α,β-unsaturated/α-hetero) is 1. The van der Waals surface area contributed by atoms with Crippen molar-refractivity contribution in [3.63, 3.8) is 0 Å². The van der Waals surface area contributed by atoms with Gasteiger partial charge in [-0.25, -0.2) is 19.4 Å². The van der Waals surface area contributed by atoms with Crippen LogP contribution in [-0.2, 0) is 47.8 Å². The number of aliphatic hydroxyl groups is 1. The number of ketones is 1. The molecule has 0 aliphatic carbocycles. The van der Waals surface area contributed by atoms with Crippen molar-refractivity contribution in [1.82, 2.24) is 0 Å². The lowest BCUT2D eigenvalue weighted by atomic mass is 10.1. The maximum atomic E-state index is 12.7. The molecule has 266 valence electrons. The van der Waals surface area contributed by atoms with Gasteiger partial charge in [-0.05, 0) is 48.4 Å². The average molecular weight is 697 g/mol. The molecule has 4 rings (SSSR count). The molecule has 0 bridgehead atoms. The van der Waals surface area contributed by atoms with E-state index in [1.807, 2.05) is 0 Å². The highest BCUT2D eigenvalue weighted by atomic mass is 17.2. The molecule has 0 amide bonds. The van der Waals surface area contributed by atoms with Crippen molar-refractivity contribution in [2.45, 2.75) is 44.2 Å². The van der Waals surface area contributed by atoms with Gasteiger partial charge in [-0.2, -0.15) is 10.2 Å². The first-order valence-corrected chi connectivity index (χ1v) is 15.5.